The first-order chi connectivity index (χ1) is 9.04. The molecule has 1 aromatic carbocycles. The lowest BCUT2D eigenvalue weighted by atomic mass is 10.1. The summed E-state index contributed by atoms with van der Waals surface area (Å²) in [5, 5.41) is 9.17. The number of carbonyl (C=O) groups is 2. The van der Waals surface area contributed by atoms with Crippen molar-refractivity contribution in [2.45, 2.75) is 20.4 Å². The maximum atomic E-state index is 11.2. The normalized spacial score (nSPS) is 10.4. The Kier molecular flexibility index (Phi) is 3.51. The number of rotatable bonds is 4. The van der Waals surface area contributed by atoms with Gasteiger partial charge in [0.05, 0.1) is 5.56 Å². The van der Waals surface area contributed by atoms with Crippen molar-refractivity contribution in [3.05, 3.63) is 58.4 Å². The van der Waals surface area contributed by atoms with E-state index in [0.717, 1.165) is 23.2 Å². The monoisotopic (exact) mass is 257 g/mol. The minimum atomic E-state index is -0.936. The highest BCUT2D eigenvalue weighted by atomic mass is 16.4. The average molecular weight is 257 g/mol. The Bertz CT molecular complexity index is 641. The van der Waals surface area contributed by atoms with Crippen molar-refractivity contribution in [1.82, 2.24) is 4.57 Å². The number of nitrogens with zero attached hydrogens (tertiary/aromatic N) is 1. The second kappa shape index (κ2) is 5.10. The molecule has 0 amide bonds. The zero-order chi connectivity index (χ0) is 14.0. The van der Waals surface area contributed by atoms with Crippen molar-refractivity contribution in [3.63, 3.8) is 0 Å². The molecule has 0 atom stereocenters. The van der Waals surface area contributed by atoms with Crippen LogP contribution in [0.15, 0.2) is 30.3 Å². The summed E-state index contributed by atoms with van der Waals surface area (Å²) in [5.74, 6) is -0.936. The zero-order valence-electron chi connectivity index (χ0n) is 10.9. The maximum absolute atomic E-state index is 11.2. The van der Waals surface area contributed by atoms with E-state index < -0.39 is 5.97 Å². The molecule has 0 aliphatic carbocycles. The van der Waals surface area contributed by atoms with Crippen LogP contribution < -0.4 is 0 Å². The lowest BCUT2D eigenvalue weighted by molar-refractivity contribution is 0.0695. The van der Waals surface area contributed by atoms with Crippen molar-refractivity contribution in [1.29, 1.82) is 0 Å². The van der Waals surface area contributed by atoms with E-state index >= 15 is 0 Å². The molecule has 0 spiro atoms. The minimum Gasteiger partial charge on any atom is -0.478 e. The van der Waals surface area contributed by atoms with E-state index in [0.29, 0.717) is 17.7 Å². The Hall–Kier alpha value is -2.36. The molecular formula is C15H15NO3. The Morgan fingerprint density at radius 3 is 2.58 bits per heavy atom. The topological polar surface area (TPSA) is 59.3 Å². The average Bonchev–Trinajstić information content (AvgIpc) is 2.66. The number of aryl methyl sites for hydroxylation is 1. The van der Waals surface area contributed by atoms with Crippen LogP contribution in [-0.2, 0) is 6.54 Å². The van der Waals surface area contributed by atoms with E-state index in [1.54, 1.807) is 18.2 Å². The van der Waals surface area contributed by atoms with E-state index in [-0.39, 0.29) is 0 Å². The smallest absolute Gasteiger partial charge is 0.336 e. The Morgan fingerprint density at radius 2 is 2.00 bits per heavy atom. The number of hydrogen-bond acceptors (Lipinski definition) is 2. The van der Waals surface area contributed by atoms with Gasteiger partial charge in [0.15, 0.2) is 6.29 Å². The molecule has 1 heterocycles. The van der Waals surface area contributed by atoms with Crippen LogP contribution >= 0.6 is 0 Å². The van der Waals surface area contributed by atoms with Gasteiger partial charge in [0.1, 0.15) is 0 Å². The third-order valence-electron chi connectivity index (χ3n) is 3.32. The summed E-state index contributed by atoms with van der Waals surface area (Å²) in [5.41, 5.74) is 3.47. The van der Waals surface area contributed by atoms with Gasteiger partial charge in [-0.15, -0.1) is 0 Å². The lowest BCUT2D eigenvalue weighted by Gasteiger charge is -2.11. The number of hydrogen-bond donors (Lipinski definition) is 1. The number of aldehydes is 1. The van der Waals surface area contributed by atoms with Crippen molar-refractivity contribution >= 4 is 12.3 Å². The predicted octanol–water partition coefficient (Wildman–Crippen LogP) is 2.66. The largest absolute Gasteiger partial charge is 0.478 e. The van der Waals surface area contributed by atoms with Crippen LogP contribution in [0, 0.1) is 13.8 Å². The van der Waals surface area contributed by atoms with Gasteiger partial charge in [0, 0.05) is 23.5 Å². The third-order valence-corrected chi connectivity index (χ3v) is 3.32. The minimum absolute atomic E-state index is 0.294. The van der Waals surface area contributed by atoms with Gasteiger partial charge in [-0.3, -0.25) is 4.79 Å². The van der Waals surface area contributed by atoms with Gasteiger partial charge in [0.2, 0.25) is 0 Å². The summed E-state index contributed by atoms with van der Waals surface area (Å²) in [4.78, 5) is 22.1. The molecule has 0 radical (unpaired) electrons. The quantitative estimate of drug-likeness (QED) is 0.857. The summed E-state index contributed by atoms with van der Waals surface area (Å²) in [6, 6.07) is 8.72. The number of carboxylic acid groups (broad SMARTS) is 1. The summed E-state index contributed by atoms with van der Waals surface area (Å²) >= 11 is 0. The standard InChI is InChI=1S/C15H15NO3/c1-10-7-13(9-17)11(2)16(10)8-12-5-3-4-6-14(12)15(18)19/h3-7,9H,8H2,1-2H3,(H,18,19). The van der Waals surface area contributed by atoms with Gasteiger partial charge < -0.3 is 9.67 Å². The molecule has 0 fully saturated rings. The maximum Gasteiger partial charge on any atom is 0.336 e. The number of benzene rings is 1. The van der Waals surface area contributed by atoms with Crippen LogP contribution in [0.2, 0.25) is 0 Å². The van der Waals surface area contributed by atoms with E-state index in [4.69, 9.17) is 5.11 Å². The number of carboxylic acids is 1. The molecule has 0 bridgehead atoms. The predicted molar refractivity (Wildman–Crippen MR) is 71.8 cm³/mol. The highest BCUT2D eigenvalue weighted by molar-refractivity contribution is 5.89. The van der Waals surface area contributed by atoms with Gasteiger partial charge in [-0.1, -0.05) is 18.2 Å². The van der Waals surface area contributed by atoms with Crippen LogP contribution in [0.25, 0.3) is 0 Å². The van der Waals surface area contributed by atoms with Crippen LogP contribution in [0.3, 0.4) is 0 Å². The summed E-state index contributed by atoms with van der Waals surface area (Å²) < 4.78 is 1.95. The van der Waals surface area contributed by atoms with Crippen molar-refractivity contribution in [2.75, 3.05) is 0 Å². The highest BCUT2D eigenvalue weighted by Gasteiger charge is 2.13. The molecule has 98 valence electrons. The first-order valence-electron chi connectivity index (χ1n) is 5.97. The molecule has 0 saturated heterocycles. The van der Waals surface area contributed by atoms with E-state index in [1.165, 1.54) is 0 Å². The summed E-state index contributed by atoms with van der Waals surface area (Å²) in [6.45, 7) is 4.22. The fraction of sp³-hybridized carbons (Fsp3) is 0.200. The fourth-order valence-corrected chi connectivity index (χ4v) is 2.23. The summed E-state index contributed by atoms with van der Waals surface area (Å²) in [7, 11) is 0. The van der Waals surface area contributed by atoms with Crippen LogP contribution in [0.5, 0.6) is 0 Å². The second-order valence-corrected chi connectivity index (χ2v) is 4.49. The lowest BCUT2D eigenvalue weighted by Crippen LogP contribution is -2.09. The first kappa shape index (κ1) is 13.1. The third kappa shape index (κ3) is 2.42. The van der Waals surface area contributed by atoms with Gasteiger partial charge >= 0.3 is 5.97 Å². The van der Waals surface area contributed by atoms with Crippen molar-refractivity contribution < 1.29 is 14.7 Å². The van der Waals surface area contributed by atoms with Gasteiger partial charge in [-0.2, -0.15) is 0 Å². The SMILES string of the molecule is Cc1cc(C=O)c(C)n1Cc1ccccc1C(=O)O. The molecular weight excluding hydrogens is 242 g/mol. The Balaban J connectivity index is 2.45. The molecule has 0 unspecified atom stereocenters. The zero-order valence-corrected chi connectivity index (χ0v) is 10.9. The van der Waals surface area contributed by atoms with E-state index in [1.807, 2.05) is 30.5 Å². The second-order valence-electron chi connectivity index (χ2n) is 4.49. The Labute approximate surface area is 111 Å². The van der Waals surface area contributed by atoms with Crippen molar-refractivity contribution in [3.8, 4) is 0 Å². The fourth-order valence-electron chi connectivity index (χ4n) is 2.23. The number of aromatic carboxylic acids is 1. The molecule has 0 aliphatic heterocycles. The van der Waals surface area contributed by atoms with Gasteiger partial charge in [-0.05, 0) is 31.5 Å². The Morgan fingerprint density at radius 1 is 1.32 bits per heavy atom. The number of aromatic nitrogens is 1. The highest BCUT2D eigenvalue weighted by Crippen LogP contribution is 2.17. The van der Waals surface area contributed by atoms with Crippen LogP contribution in [0.4, 0.5) is 0 Å². The first-order valence-corrected chi connectivity index (χ1v) is 5.97. The molecule has 19 heavy (non-hydrogen) atoms. The molecule has 1 aromatic heterocycles. The molecule has 2 rings (SSSR count). The number of carbonyl (C=O) groups excluding carboxylic acids is 1. The van der Waals surface area contributed by atoms with Gasteiger partial charge in [0.25, 0.3) is 0 Å². The molecule has 2 aromatic rings. The molecule has 1 N–H and O–H groups in total. The molecule has 0 saturated carbocycles. The van der Waals surface area contributed by atoms with Crippen LogP contribution in [0.1, 0.15) is 37.7 Å². The molecule has 0 aliphatic rings. The molecule has 4 nitrogen and oxygen atoms in total. The molecule has 4 heteroatoms. The van der Waals surface area contributed by atoms with E-state index in [2.05, 4.69) is 0 Å². The van der Waals surface area contributed by atoms with Gasteiger partial charge in [-0.25, -0.2) is 4.79 Å². The van der Waals surface area contributed by atoms with Crippen LogP contribution in [-0.4, -0.2) is 21.9 Å². The summed E-state index contributed by atoms with van der Waals surface area (Å²) in [6.07, 6.45) is 0.821. The van der Waals surface area contributed by atoms with E-state index in [9.17, 15) is 9.59 Å². The van der Waals surface area contributed by atoms with Crippen molar-refractivity contribution in [2.24, 2.45) is 0 Å².